The second-order valence-corrected chi connectivity index (χ2v) is 5.79. The van der Waals surface area contributed by atoms with Crippen LogP contribution in [0.25, 0.3) is 0 Å². The van der Waals surface area contributed by atoms with Crippen molar-refractivity contribution in [1.29, 1.82) is 0 Å². The van der Waals surface area contributed by atoms with E-state index in [0.717, 1.165) is 0 Å². The van der Waals surface area contributed by atoms with Gasteiger partial charge in [0.2, 0.25) is 10.0 Å². The molecule has 0 saturated heterocycles. The monoisotopic (exact) mass is 301 g/mol. The number of sulfonamides is 1. The number of rotatable bonds is 4. The average molecular weight is 301 g/mol. The minimum atomic E-state index is -4.12. The Kier molecular flexibility index (Phi) is 4.10. The van der Waals surface area contributed by atoms with Crippen LogP contribution in [-0.2, 0) is 16.6 Å². The van der Waals surface area contributed by atoms with E-state index >= 15 is 0 Å². The zero-order valence-corrected chi connectivity index (χ0v) is 10.9. The molecule has 3 nitrogen and oxygen atoms in total. The molecule has 7 heteroatoms. The highest BCUT2D eigenvalue weighted by atomic mass is 32.2. The van der Waals surface area contributed by atoms with Gasteiger partial charge >= 0.3 is 0 Å². The number of hydrogen-bond donors (Lipinski definition) is 1. The molecule has 0 aliphatic heterocycles. The molecule has 0 heterocycles. The van der Waals surface area contributed by atoms with Gasteiger partial charge in [-0.15, -0.1) is 0 Å². The Morgan fingerprint density at radius 3 is 2.15 bits per heavy atom. The van der Waals surface area contributed by atoms with Crippen LogP contribution in [0.5, 0.6) is 0 Å². The molecule has 0 aromatic heterocycles. The summed E-state index contributed by atoms with van der Waals surface area (Å²) in [6.45, 7) is -0.312. The molecule has 0 bridgehead atoms. The van der Waals surface area contributed by atoms with Gasteiger partial charge in [0.1, 0.15) is 17.5 Å². The van der Waals surface area contributed by atoms with E-state index in [4.69, 9.17) is 0 Å². The zero-order chi connectivity index (χ0) is 14.8. The van der Waals surface area contributed by atoms with Gasteiger partial charge in [0.05, 0.1) is 4.90 Å². The molecule has 106 valence electrons. The molecule has 0 radical (unpaired) electrons. The lowest BCUT2D eigenvalue weighted by Gasteiger charge is -2.08. The first kappa shape index (κ1) is 14.5. The fourth-order valence-corrected chi connectivity index (χ4v) is 2.63. The molecule has 2 aromatic rings. The van der Waals surface area contributed by atoms with Crippen LogP contribution < -0.4 is 4.72 Å². The number of halogens is 3. The Morgan fingerprint density at radius 2 is 1.55 bits per heavy atom. The van der Waals surface area contributed by atoms with Crippen LogP contribution in [0.1, 0.15) is 5.56 Å². The van der Waals surface area contributed by atoms with Gasteiger partial charge in [-0.1, -0.05) is 18.2 Å². The summed E-state index contributed by atoms with van der Waals surface area (Å²) >= 11 is 0. The molecule has 20 heavy (non-hydrogen) atoms. The molecule has 2 rings (SSSR count). The average Bonchev–Trinajstić information content (AvgIpc) is 2.37. The Hall–Kier alpha value is -1.86. The molecule has 0 aliphatic carbocycles. The van der Waals surface area contributed by atoms with Gasteiger partial charge in [0, 0.05) is 18.2 Å². The number of nitrogens with one attached hydrogen (secondary N) is 1. The predicted molar refractivity (Wildman–Crippen MR) is 66.8 cm³/mol. The van der Waals surface area contributed by atoms with Gasteiger partial charge in [0.15, 0.2) is 0 Å². The van der Waals surface area contributed by atoms with Gasteiger partial charge in [-0.3, -0.25) is 0 Å². The lowest BCUT2D eigenvalue weighted by atomic mass is 10.2. The third-order valence-corrected chi connectivity index (χ3v) is 3.94. The maximum atomic E-state index is 13.3. The molecule has 2 aromatic carbocycles. The van der Waals surface area contributed by atoms with Crippen molar-refractivity contribution in [2.75, 3.05) is 0 Å². The van der Waals surface area contributed by atoms with Crippen molar-refractivity contribution in [3.05, 3.63) is 65.5 Å². The Bertz CT molecular complexity index is 712. The molecule has 0 amide bonds. The van der Waals surface area contributed by atoms with Crippen molar-refractivity contribution in [3.8, 4) is 0 Å². The summed E-state index contributed by atoms with van der Waals surface area (Å²) in [6.07, 6.45) is 0. The lowest BCUT2D eigenvalue weighted by Crippen LogP contribution is -2.24. The number of benzene rings is 2. The summed E-state index contributed by atoms with van der Waals surface area (Å²) in [5.74, 6) is -2.58. The Balaban J connectivity index is 2.22. The third kappa shape index (κ3) is 3.37. The number of hydrogen-bond acceptors (Lipinski definition) is 2. The predicted octanol–water partition coefficient (Wildman–Crippen LogP) is 2.58. The summed E-state index contributed by atoms with van der Waals surface area (Å²) in [7, 11) is -4.12. The van der Waals surface area contributed by atoms with Crippen molar-refractivity contribution in [1.82, 2.24) is 4.72 Å². The first-order valence-corrected chi connectivity index (χ1v) is 7.06. The fourth-order valence-electron chi connectivity index (χ4n) is 1.58. The first-order valence-electron chi connectivity index (χ1n) is 5.58. The van der Waals surface area contributed by atoms with Gasteiger partial charge in [-0.2, -0.15) is 0 Å². The van der Waals surface area contributed by atoms with E-state index in [9.17, 15) is 21.6 Å². The first-order chi connectivity index (χ1) is 9.38. The van der Waals surface area contributed by atoms with Crippen LogP contribution in [-0.4, -0.2) is 8.42 Å². The molecule has 1 N–H and O–H groups in total. The minimum absolute atomic E-state index is 0.132. The Morgan fingerprint density at radius 1 is 0.950 bits per heavy atom. The van der Waals surface area contributed by atoms with Gasteiger partial charge < -0.3 is 0 Å². The quantitative estimate of drug-likeness (QED) is 0.943. The van der Waals surface area contributed by atoms with E-state index in [1.807, 2.05) is 0 Å². The van der Waals surface area contributed by atoms with Crippen molar-refractivity contribution in [2.45, 2.75) is 11.4 Å². The maximum absolute atomic E-state index is 13.3. The second-order valence-electron chi connectivity index (χ2n) is 4.02. The minimum Gasteiger partial charge on any atom is -0.207 e. The van der Waals surface area contributed by atoms with Crippen LogP contribution >= 0.6 is 0 Å². The van der Waals surface area contributed by atoms with Crippen molar-refractivity contribution in [2.24, 2.45) is 0 Å². The Labute approximate surface area is 114 Å². The molecule has 0 fully saturated rings. The fraction of sp³-hybridized carbons (Fsp3) is 0.0769. The maximum Gasteiger partial charge on any atom is 0.241 e. The summed E-state index contributed by atoms with van der Waals surface area (Å²) in [5.41, 5.74) is 0.132. The van der Waals surface area contributed by atoms with Crippen LogP contribution in [0.15, 0.2) is 47.4 Å². The zero-order valence-electron chi connectivity index (χ0n) is 10.1. The molecule has 0 saturated carbocycles. The molecule has 0 spiro atoms. The van der Waals surface area contributed by atoms with Gasteiger partial charge in [-0.25, -0.2) is 26.3 Å². The highest BCUT2D eigenvalue weighted by Gasteiger charge is 2.16. The van der Waals surface area contributed by atoms with E-state index in [-0.39, 0.29) is 12.1 Å². The van der Waals surface area contributed by atoms with E-state index in [1.165, 1.54) is 18.2 Å². The molecule has 0 atom stereocenters. The third-order valence-electron chi connectivity index (χ3n) is 2.56. The highest BCUT2D eigenvalue weighted by Crippen LogP contribution is 2.14. The van der Waals surface area contributed by atoms with Gasteiger partial charge in [-0.05, 0) is 18.2 Å². The lowest BCUT2D eigenvalue weighted by molar-refractivity contribution is 0.558. The van der Waals surface area contributed by atoms with E-state index in [1.54, 1.807) is 6.07 Å². The van der Waals surface area contributed by atoms with E-state index in [0.29, 0.717) is 18.2 Å². The molecule has 0 aliphatic rings. The van der Waals surface area contributed by atoms with Crippen LogP contribution in [0.2, 0.25) is 0 Å². The topological polar surface area (TPSA) is 46.2 Å². The van der Waals surface area contributed by atoms with E-state index < -0.39 is 32.4 Å². The SMILES string of the molecule is O=S(=O)(NCc1ccccc1F)c1cc(F)cc(F)c1. The summed E-state index contributed by atoms with van der Waals surface area (Å²) in [5, 5.41) is 0. The van der Waals surface area contributed by atoms with Crippen LogP contribution in [0.4, 0.5) is 13.2 Å². The van der Waals surface area contributed by atoms with Crippen LogP contribution in [0, 0.1) is 17.5 Å². The van der Waals surface area contributed by atoms with E-state index in [2.05, 4.69) is 4.72 Å². The normalized spacial score (nSPS) is 11.6. The molecule has 0 unspecified atom stereocenters. The smallest absolute Gasteiger partial charge is 0.207 e. The highest BCUT2D eigenvalue weighted by molar-refractivity contribution is 7.89. The van der Waals surface area contributed by atoms with Crippen molar-refractivity contribution in [3.63, 3.8) is 0 Å². The summed E-state index contributed by atoms with van der Waals surface area (Å²) in [6, 6.07) is 7.55. The summed E-state index contributed by atoms with van der Waals surface area (Å²) < 4.78 is 65.1. The largest absolute Gasteiger partial charge is 0.241 e. The van der Waals surface area contributed by atoms with Crippen LogP contribution in [0.3, 0.4) is 0 Å². The second kappa shape index (κ2) is 5.64. The van der Waals surface area contributed by atoms with Crippen molar-refractivity contribution < 1.29 is 21.6 Å². The molecular formula is C13H10F3NO2S. The summed E-state index contributed by atoms with van der Waals surface area (Å²) in [4.78, 5) is -0.550. The van der Waals surface area contributed by atoms with Gasteiger partial charge in [0.25, 0.3) is 0 Å². The molecular weight excluding hydrogens is 291 g/mol. The standard InChI is InChI=1S/C13H10F3NO2S/c14-10-5-11(15)7-12(6-10)20(18,19)17-8-9-3-1-2-4-13(9)16/h1-7,17H,8H2. The van der Waals surface area contributed by atoms with Crippen molar-refractivity contribution >= 4 is 10.0 Å².